The molecule has 0 radical (unpaired) electrons. The van der Waals surface area contributed by atoms with Crippen LogP contribution in [0.2, 0.25) is 0 Å². The molecule has 1 unspecified atom stereocenters. The van der Waals surface area contributed by atoms with Gasteiger partial charge in [-0.25, -0.2) is 9.18 Å². The second-order valence-corrected chi connectivity index (χ2v) is 7.79. The molecule has 2 aliphatic rings. The number of carbonyl (C=O) groups excluding carboxylic acids is 3. The van der Waals surface area contributed by atoms with Crippen LogP contribution in [-0.4, -0.2) is 46.0 Å². The van der Waals surface area contributed by atoms with E-state index >= 15 is 0 Å². The maximum absolute atomic E-state index is 13.1. The quantitative estimate of drug-likeness (QED) is 0.691. The Kier molecular flexibility index (Phi) is 4.94. The van der Waals surface area contributed by atoms with Crippen LogP contribution in [0.15, 0.2) is 24.3 Å². The summed E-state index contributed by atoms with van der Waals surface area (Å²) in [5.41, 5.74) is -1.60. The van der Waals surface area contributed by atoms with Gasteiger partial charge in [-0.2, -0.15) is 0 Å². The van der Waals surface area contributed by atoms with Gasteiger partial charge >= 0.3 is 6.03 Å². The number of imide groups is 1. The summed E-state index contributed by atoms with van der Waals surface area (Å²) < 4.78 is 13.1. The lowest BCUT2D eigenvalue weighted by atomic mass is 9.83. The number of rotatable bonds is 4. The molecule has 1 atom stereocenters. The monoisotopic (exact) mass is 377 g/mol. The highest BCUT2D eigenvalue weighted by molar-refractivity contribution is 6.09. The second kappa shape index (κ2) is 6.92. The van der Waals surface area contributed by atoms with Gasteiger partial charge in [0.25, 0.3) is 5.91 Å². The predicted molar refractivity (Wildman–Crippen MR) is 95.0 cm³/mol. The molecule has 1 heterocycles. The van der Waals surface area contributed by atoms with E-state index in [1.807, 2.05) is 0 Å². The molecule has 7 nitrogen and oxygen atoms in total. The van der Waals surface area contributed by atoms with Crippen LogP contribution < -0.4 is 10.6 Å². The van der Waals surface area contributed by atoms with Gasteiger partial charge < -0.3 is 15.7 Å². The number of nitrogens with zero attached hydrogens (tertiary/aromatic N) is 1. The molecule has 1 saturated carbocycles. The van der Waals surface area contributed by atoms with Crippen LogP contribution in [0.1, 0.15) is 45.1 Å². The first-order valence-corrected chi connectivity index (χ1v) is 9.03. The first-order chi connectivity index (χ1) is 12.6. The Bertz CT molecular complexity index is 755. The minimum atomic E-state index is -1.34. The van der Waals surface area contributed by atoms with Gasteiger partial charge in [-0.05, 0) is 57.2 Å². The van der Waals surface area contributed by atoms with E-state index < -0.39 is 34.8 Å². The molecule has 2 fully saturated rings. The summed E-state index contributed by atoms with van der Waals surface area (Å²) in [6.07, 6.45) is 2.46. The lowest BCUT2D eigenvalue weighted by Gasteiger charge is -2.33. The summed E-state index contributed by atoms with van der Waals surface area (Å²) in [5.74, 6) is -1.42. The first kappa shape index (κ1) is 19.3. The summed E-state index contributed by atoms with van der Waals surface area (Å²) in [6, 6.07) is 4.56. The van der Waals surface area contributed by atoms with Crippen molar-refractivity contribution in [2.75, 3.05) is 6.54 Å². The lowest BCUT2D eigenvalue weighted by molar-refractivity contribution is -0.135. The number of aliphatic hydroxyl groups is 1. The Hall–Kier alpha value is -2.48. The molecule has 1 aliphatic carbocycles. The third-order valence-electron chi connectivity index (χ3n) is 5.43. The predicted octanol–water partition coefficient (Wildman–Crippen LogP) is 1.40. The third-order valence-corrected chi connectivity index (χ3v) is 5.43. The maximum atomic E-state index is 13.1. The molecule has 27 heavy (non-hydrogen) atoms. The van der Waals surface area contributed by atoms with Crippen LogP contribution >= 0.6 is 0 Å². The Morgan fingerprint density at radius 2 is 1.85 bits per heavy atom. The Morgan fingerprint density at radius 1 is 1.26 bits per heavy atom. The van der Waals surface area contributed by atoms with Gasteiger partial charge in [-0.1, -0.05) is 12.1 Å². The Morgan fingerprint density at radius 3 is 2.44 bits per heavy atom. The van der Waals surface area contributed by atoms with Crippen molar-refractivity contribution in [1.29, 1.82) is 0 Å². The van der Waals surface area contributed by atoms with Crippen LogP contribution in [0.5, 0.6) is 0 Å². The number of halogens is 1. The highest BCUT2D eigenvalue weighted by atomic mass is 19.1. The maximum Gasteiger partial charge on any atom is 0.325 e. The van der Waals surface area contributed by atoms with E-state index in [9.17, 15) is 23.9 Å². The van der Waals surface area contributed by atoms with E-state index in [-0.39, 0.29) is 12.6 Å². The summed E-state index contributed by atoms with van der Waals surface area (Å²) in [4.78, 5) is 38.2. The molecule has 0 spiro atoms. The van der Waals surface area contributed by atoms with E-state index in [0.29, 0.717) is 31.2 Å². The fourth-order valence-corrected chi connectivity index (χ4v) is 3.62. The molecule has 1 aromatic rings. The molecule has 146 valence electrons. The van der Waals surface area contributed by atoms with Gasteiger partial charge in [0.1, 0.15) is 17.9 Å². The number of hydrogen-bond acceptors (Lipinski definition) is 4. The average molecular weight is 377 g/mol. The topological polar surface area (TPSA) is 98.7 Å². The van der Waals surface area contributed by atoms with Gasteiger partial charge in [0.15, 0.2) is 0 Å². The van der Waals surface area contributed by atoms with Crippen LogP contribution in [0, 0.1) is 5.82 Å². The second-order valence-electron chi connectivity index (χ2n) is 7.79. The van der Waals surface area contributed by atoms with Crippen LogP contribution in [0.3, 0.4) is 0 Å². The smallest absolute Gasteiger partial charge is 0.325 e. The van der Waals surface area contributed by atoms with E-state index in [1.54, 1.807) is 6.92 Å². The molecule has 8 heteroatoms. The molecule has 0 aromatic heterocycles. The average Bonchev–Trinajstić information content (AvgIpc) is 2.81. The van der Waals surface area contributed by atoms with Crippen LogP contribution in [-0.2, 0) is 15.1 Å². The SMILES string of the molecule is CC1(O)CCC(NC(=O)CN2C(=O)NC(C)(c3ccc(F)cc3)C2=O)CC1. The minimum Gasteiger partial charge on any atom is -0.390 e. The third kappa shape index (κ3) is 3.95. The number of amides is 4. The number of urea groups is 1. The molecule has 3 N–H and O–H groups in total. The van der Waals surface area contributed by atoms with E-state index in [0.717, 1.165) is 4.90 Å². The number of benzene rings is 1. The van der Waals surface area contributed by atoms with Crippen molar-refractivity contribution in [3.63, 3.8) is 0 Å². The summed E-state index contributed by atoms with van der Waals surface area (Å²) in [5, 5.41) is 15.4. The molecule has 0 bridgehead atoms. The van der Waals surface area contributed by atoms with Gasteiger partial charge in [-0.3, -0.25) is 14.5 Å². The van der Waals surface area contributed by atoms with E-state index in [4.69, 9.17) is 0 Å². The van der Waals surface area contributed by atoms with Gasteiger partial charge in [0.2, 0.25) is 5.91 Å². The van der Waals surface area contributed by atoms with Gasteiger partial charge in [0, 0.05) is 6.04 Å². The zero-order chi connectivity index (χ0) is 19.8. The lowest BCUT2D eigenvalue weighted by Crippen LogP contribution is -2.47. The van der Waals surface area contributed by atoms with Gasteiger partial charge in [-0.15, -0.1) is 0 Å². The van der Waals surface area contributed by atoms with E-state index in [1.165, 1.54) is 31.2 Å². The standard InChI is InChI=1S/C19H24FN3O4/c1-18(27)9-7-14(8-10-18)21-15(24)11-23-16(25)19(2,22-17(23)26)12-3-5-13(20)6-4-12/h3-6,14,27H,7-11H2,1-2H3,(H,21,24)(H,22,26). The van der Waals surface area contributed by atoms with Crippen molar-refractivity contribution in [1.82, 2.24) is 15.5 Å². The minimum absolute atomic E-state index is 0.0815. The van der Waals surface area contributed by atoms with Crippen molar-refractivity contribution in [2.45, 2.75) is 56.7 Å². The van der Waals surface area contributed by atoms with Crippen molar-refractivity contribution < 1.29 is 23.9 Å². The molecule has 4 amide bonds. The zero-order valence-corrected chi connectivity index (χ0v) is 15.4. The number of nitrogens with one attached hydrogen (secondary N) is 2. The molecular weight excluding hydrogens is 353 g/mol. The van der Waals surface area contributed by atoms with Gasteiger partial charge in [0.05, 0.1) is 5.60 Å². The zero-order valence-electron chi connectivity index (χ0n) is 15.4. The summed E-state index contributed by atoms with van der Waals surface area (Å²) in [7, 11) is 0. The summed E-state index contributed by atoms with van der Waals surface area (Å²) in [6.45, 7) is 2.92. The molecule has 1 saturated heterocycles. The fraction of sp³-hybridized carbons (Fsp3) is 0.526. The fourth-order valence-electron chi connectivity index (χ4n) is 3.62. The van der Waals surface area contributed by atoms with E-state index in [2.05, 4.69) is 10.6 Å². The summed E-state index contributed by atoms with van der Waals surface area (Å²) >= 11 is 0. The van der Waals surface area contributed by atoms with Crippen molar-refractivity contribution in [2.24, 2.45) is 0 Å². The molecule has 3 rings (SSSR count). The first-order valence-electron chi connectivity index (χ1n) is 9.03. The van der Waals surface area contributed by atoms with Crippen LogP contribution in [0.25, 0.3) is 0 Å². The van der Waals surface area contributed by atoms with Crippen molar-refractivity contribution >= 4 is 17.8 Å². The molecular formula is C19H24FN3O4. The normalized spacial score (nSPS) is 31.0. The largest absolute Gasteiger partial charge is 0.390 e. The number of hydrogen-bond donors (Lipinski definition) is 3. The van der Waals surface area contributed by atoms with Crippen molar-refractivity contribution in [3.05, 3.63) is 35.6 Å². The Labute approximate surface area is 156 Å². The highest BCUT2D eigenvalue weighted by Crippen LogP contribution is 2.29. The molecule has 1 aromatic carbocycles. The van der Waals surface area contributed by atoms with Crippen molar-refractivity contribution in [3.8, 4) is 0 Å². The molecule has 1 aliphatic heterocycles. The number of carbonyl (C=O) groups is 3. The Balaban J connectivity index is 1.63. The highest BCUT2D eigenvalue weighted by Gasteiger charge is 2.49. The van der Waals surface area contributed by atoms with Crippen LogP contribution in [0.4, 0.5) is 9.18 Å².